The molecule has 0 aliphatic carbocycles. The predicted molar refractivity (Wildman–Crippen MR) is 81.8 cm³/mol. The van der Waals surface area contributed by atoms with Crippen LogP contribution in [0, 0.1) is 10.1 Å². The fourth-order valence-electron chi connectivity index (χ4n) is 1.90. The Bertz CT molecular complexity index is 743. The summed E-state index contributed by atoms with van der Waals surface area (Å²) in [5, 5.41) is 16.1. The molecule has 22 heavy (non-hydrogen) atoms. The van der Waals surface area contributed by atoms with E-state index in [1.54, 1.807) is 30.3 Å². The molecule has 0 saturated carbocycles. The molecule has 7 heteroatoms. The SMILES string of the molecule is CC(=O)Nc1cccc(NC(=O)c2ccccc2[N+](=O)[O-])c1. The summed E-state index contributed by atoms with van der Waals surface area (Å²) in [6, 6.07) is 12.2. The number of rotatable bonds is 4. The van der Waals surface area contributed by atoms with Crippen molar-refractivity contribution < 1.29 is 14.5 Å². The van der Waals surface area contributed by atoms with Crippen molar-refractivity contribution >= 4 is 28.9 Å². The van der Waals surface area contributed by atoms with Crippen LogP contribution >= 0.6 is 0 Å². The summed E-state index contributed by atoms with van der Waals surface area (Å²) in [6.07, 6.45) is 0. The van der Waals surface area contributed by atoms with E-state index in [1.165, 1.54) is 25.1 Å². The van der Waals surface area contributed by atoms with Gasteiger partial charge in [0, 0.05) is 24.4 Å². The zero-order chi connectivity index (χ0) is 16.1. The highest BCUT2D eigenvalue weighted by Gasteiger charge is 2.19. The molecule has 0 heterocycles. The average Bonchev–Trinajstić information content (AvgIpc) is 2.46. The second kappa shape index (κ2) is 6.49. The highest BCUT2D eigenvalue weighted by Crippen LogP contribution is 2.20. The summed E-state index contributed by atoms with van der Waals surface area (Å²) in [7, 11) is 0. The van der Waals surface area contributed by atoms with Gasteiger partial charge >= 0.3 is 0 Å². The Labute approximate surface area is 126 Å². The smallest absolute Gasteiger partial charge is 0.282 e. The van der Waals surface area contributed by atoms with Gasteiger partial charge in [0.05, 0.1) is 4.92 Å². The number of anilines is 2. The molecule has 0 aliphatic rings. The van der Waals surface area contributed by atoms with Crippen LogP contribution in [-0.2, 0) is 4.79 Å². The summed E-state index contributed by atoms with van der Waals surface area (Å²) in [4.78, 5) is 33.5. The molecule has 0 fully saturated rings. The second-order valence-corrected chi connectivity index (χ2v) is 4.49. The van der Waals surface area contributed by atoms with Gasteiger partial charge in [-0.25, -0.2) is 0 Å². The number of nitrogens with zero attached hydrogens (tertiary/aromatic N) is 1. The van der Waals surface area contributed by atoms with Crippen molar-refractivity contribution in [1.82, 2.24) is 0 Å². The number of carbonyl (C=O) groups excluding carboxylic acids is 2. The third-order valence-electron chi connectivity index (χ3n) is 2.79. The first-order valence-electron chi connectivity index (χ1n) is 6.40. The summed E-state index contributed by atoms with van der Waals surface area (Å²) in [6.45, 7) is 1.37. The lowest BCUT2D eigenvalue weighted by molar-refractivity contribution is -0.385. The summed E-state index contributed by atoms with van der Waals surface area (Å²) >= 11 is 0. The van der Waals surface area contributed by atoms with Crippen LogP contribution in [0.5, 0.6) is 0 Å². The monoisotopic (exact) mass is 299 g/mol. The van der Waals surface area contributed by atoms with Gasteiger partial charge < -0.3 is 10.6 Å². The normalized spacial score (nSPS) is 9.86. The molecule has 0 bridgehead atoms. The van der Waals surface area contributed by atoms with E-state index in [0.29, 0.717) is 11.4 Å². The van der Waals surface area contributed by atoms with Crippen LogP contribution in [0.1, 0.15) is 17.3 Å². The first-order chi connectivity index (χ1) is 10.5. The highest BCUT2D eigenvalue weighted by atomic mass is 16.6. The van der Waals surface area contributed by atoms with E-state index in [-0.39, 0.29) is 17.2 Å². The Kier molecular flexibility index (Phi) is 4.47. The number of para-hydroxylation sites is 1. The van der Waals surface area contributed by atoms with Gasteiger partial charge in [-0.15, -0.1) is 0 Å². The summed E-state index contributed by atoms with van der Waals surface area (Å²) in [5.41, 5.74) is 0.651. The number of nitrogens with one attached hydrogen (secondary N) is 2. The molecule has 112 valence electrons. The molecule has 0 spiro atoms. The van der Waals surface area contributed by atoms with E-state index in [1.807, 2.05) is 0 Å². The van der Waals surface area contributed by atoms with Crippen LogP contribution in [0.25, 0.3) is 0 Å². The molecule has 2 aromatic rings. The van der Waals surface area contributed by atoms with Crippen LogP contribution in [0.4, 0.5) is 17.1 Å². The maximum atomic E-state index is 12.2. The third kappa shape index (κ3) is 3.66. The lowest BCUT2D eigenvalue weighted by Crippen LogP contribution is -2.14. The lowest BCUT2D eigenvalue weighted by atomic mass is 10.1. The first-order valence-corrected chi connectivity index (χ1v) is 6.40. The van der Waals surface area contributed by atoms with Gasteiger partial charge in [0.25, 0.3) is 11.6 Å². The Hall–Kier alpha value is -3.22. The van der Waals surface area contributed by atoms with E-state index in [4.69, 9.17) is 0 Å². The quantitative estimate of drug-likeness (QED) is 0.669. The molecular weight excluding hydrogens is 286 g/mol. The number of amides is 2. The number of nitro groups is 1. The topological polar surface area (TPSA) is 101 Å². The summed E-state index contributed by atoms with van der Waals surface area (Å²) < 4.78 is 0. The Morgan fingerprint density at radius 3 is 2.27 bits per heavy atom. The van der Waals surface area contributed by atoms with Crippen LogP contribution in [0.2, 0.25) is 0 Å². The van der Waals surface area contributed by atoms with E-state index in [0.717, 1.165) is 0 Å². The van der Waals surface area contributed by atoms with Crippen molar-refractivity contribution in [3.63, 3.8) is 0 Å². The molecule has 2 amide bonds. The Morgan fingerprint density at radius 2 is 1.64 bits per heavy atom. The molecule has 0 unspecified atom stereocenters. The van der Waals surface area contributed by atoms with Gasteiger partial charge in [-0.2, -0.15) is 0 Å². The van der Waals surface area contributed by atoms with E-state index in [9.17, 15) is 19.7 Å². The number of carbonyl (C=O) groups is 2. The molecular formula is C15H13N3O4. The molecule has 0 aliphatic heterocycles. The minimum absolute atomic E-state index is 0.0302. The summed E-state index contributed by atoms with van der Waals surface area (Å²) in [5.74, 6) is -0.825. The number of hydrogen-bond donors (Lipinski definition) is 2. The number of hydrogen-bond acceptors (Lipinski definition) is 4. The van der Waals surface area contributed by atoms with Gasteiger partial charge in [-0.3, -0.25) is 19.7 Å². The number of benzene rings is 2. The third-order valence-corrected chi connectivity index (χ3v) is 2.79. The van der Waals surface area contributed by atoms with Crippen LogP contribution in [-0.4, -0.2) is 16.7 Å². The zero-order valence-electron chi connectivity index (χ0n) is 11.7. The maximum absolute atomic E-state index is 12.2. The van der Waals surface area contributed by atoms with Gasteiger partial charge in [-0.1, -0.05) is 18.2 Å². The van der Waals surface area contributed by atoms with Gasteiger partial charge in [0.1, 0.15) is 5.56 Å². The van der Waals surface area contributed by atoms with E-state index >= 15 is 0 Å². The molecule has 0 saturated heterocycles. The van der Waals surface area contributed by atoms with E-state index < -0.39 is 10.8 Å². The number of nitro benzene ring substituents is 1. The minimum Gasteiger partial charge on any atom is -0.326 e. The van der Waals surface area contributed by atoms with Crippen molar-refractivity contribution in [3.05, 3.63) is 64.2 Å². The highest BCUT2D eigenvalue weighted by molar-refractivity contribution is 6.07. The van der Waals surface area contributed by atoms with Crippen LogP contribution in [0.15, 0.2) is 48.5 Å². The molecule has 0 aromatic heterocycles. The molecule has 7 nitrogen and oxygen atoms in total. The molecule has 2 rings (SSSR count). The molecule has 2 N–H and O–H groups in total. The minimum atomic E-state index is -0.608. The standard InChI is InChI=1S/C15H13N3O4/c1-10(19)16-11-5-4-6-12(9-11)17-15(20)13-7-2-3-8-14(13)18(21)22/h2-9H,1H3,(H,16,19)(H,17,20). The maximum Gasteiger partial charge on any atom is 0.282 e. The van der Waals surface area contributed by atoms with Crippen LogP contribution < -0.4 is 10.6 Å². The van der Waals surface area contributed by atoms with Gasteiger partial charge in [-0.05, 0) is 24.3 Å². The van der Waals surface area contributed by atoms with Gasteiger partial charge in [0.15, 0.2) is 0 Å². The Balaban J connectivity index is 2.22. The molecule has 2 aromatic carbocycles. The molecule has 0 atom stereocenters. The second-order valence-electron chi connectivity index (χ2n) is 4.49. The van der Waals surface area contributed by atoms with Crippen molar-refractivity contribution in [2.24, 2.45) is 0 Å². The van der Waals surface area contributed by atoms with Gasteiger partial charge in [0.2, 0.25) is 5.91 Å². The van der Waals surface area contributed by atoms with Crippen molar-refractivity contribution in [3.8, 4) is 0 Å². The van der Waals surface area contributed by atoms with Crippen molar-refractivity contribution in [2.45, 2.75) is 6.92 Å². The van der Waals surface area contributed by atoms with Crippen LogP contribution in [0.3, 0.4) is 0 Å². The first kappa shape index (κ1) is 15.2. The van der Waals surface area contributed by atoms with E-state index in [2.05, 4.69) is 10.6 Å². The molecule has 0 radical (unpaired) electrons. The zero-order valence-corrected chi connectivity index (χ0v) is 11.7. The van der Waals surface area contributed by atoms with Crippen molar-refractivity contribution in [1.29, 1.82) is 0 Å². The fraction of sp³-hybridized carbons (Fsp3) is 0.0667. The lowest BCUT2D eigenvalue weighted by Gasteiger charge is -2.08. The van der Waals surface area contributed by atoms with Crippen molar-refractivity contribution in [2.75, 3.05) is 10.6 Å². The Morgan fingerprint density at radius 1 is 1.00 bits per heavy atom. The average molecular weight is 299 g/mol. The predicted octanol–water partition coefficient (Wildman–Crippen LogP) is 2.81. The largest absolute Gasteiger partial charge is 0.326 e. The fourth-order valence-corrected chi connectivity index (χ4v) is 1.90.